The van der Waals surface area contributed by atoms with Gasteiger partial charge in [-0.05, 0) is 19.1 Å². The van der Waals surface area contributed by atoms with Crippen molar-refractivity contribution in [3.63, 3.8) is 0 Å². The molecule has 0 aliphatic carbocycles. The Morgan fingerprint density at radius 2 is 2.29 bits per heavy atom. The molecule has 17 heavy (non-hydrogen) atoms. The van der Waals surface area contributed by atoms with E-state index in [1.54, 1.807) is 6.92 Å². The molecule has 0 atom stereocenters. The lowest BCUT2D eigenvalue weighted by atomic mass is 10.3. The number of hydrogen-bond acceptors (Lipinski definition) is 4. The fourth-order valence-electron chi connectivity index (χ4n) is 1.55. The number of imidazole rings is 1. The van der Waals surface area contributed by atoms with Crippen LogP contribution in [0.25, 0.3) is 11.0 Å². The summed E-state index contributed by atoms with van der Waals surface area (Å²) in [5.41, 5.74) is 1.89. The van der Waals surface area contributed by atoms with Crippen LogP contribution in [-0.4, -0.2) is 29.1 Å². The van der Waals surface area contributed by atoms with Gasteiger partial charge in [0.25, 0.3) is 0 Å². The number of carbonyl (C=O) groups is 1. The van der Waals surface area contributed by atoms with E-state index in [9.17, 15) is 4.79 Å². The second kappa shape index (κ2) is 5.34. The van der Waals surface area contributed by atoms with Crippen LogP contribution in [0.2, 0.25) is 0 Å². The minimum absolute atomic E-state index is 0.198. The summed E-state index contributed by atoms with van der Waals surface area (Å²) in [6.07, 6.45) is 0.338. The van der Waals surface area contributed by atoms with E-state index in [-0.39, 0.29) is 5.97 Å². The number of hydrogen-bond donors (Lipinski definition) is 2. The van der Waals surface area contributed by atoms with Gasteiger partial charge in [0.1, 0.15) is 0 Å². The normalized spacial score (nSPS) is 10.4. The van der Waals surface area contributed by atoms with Gasteiger partial charge in [0, 0.05) is 6.54 Å². The van der Waals surface area contributed by atoms with E-state index in [0.717, 1.165) is 11.0 Å². The number of para-hydroxylation sites is 2. The molecular weight excluding hydrogens is 218 g/mol. The Hall–Kier alpha value is -2.04. The Balaban J connectivity index is 1.89. The molecule has 0 fully saturated rings. The molecule has 5 heteroatoms. The molecule has 0 spiro atoms. The zero-order chi connectivity index (χ0) is 12.1. The van der Waals surface area contributed by atoms with Crippen LogP contribution >= 0.6 is 0 Å². The van der Waals surface area contributed by atoms with Gasteiger partial charge in [-0.25, -0.2) is 4.98 Å². The predicted molar refractivity (Wildman–Crippen MR) is 65.8 cm³/mol. The highest BCUT2D eigenvalue weighted by molar-refractivity contribution is 5.77. The molecule has 0 bridgehead atoms. The van der Waals surface area contributed by atoms with Gasteiger partial charge in [0.05, 0.1) is 24.1 Å². The van der Waals surface area contributed by atoms with Gasteiger partial charge in [-0.3, -0.25) is 4.79 Å². The number of rotatable bonds is 5. The highest BCUT2D eigenvalue weighted by Crippen LogP contribution is 2.12. The van der Waals surface area contributed by atoms with Crippen LogP contribution in [0.15, 0.2) is 24.3 Å². The molecule has 0 amide bonds. The smallest absolute Gasteiger partial charge is 0.307 e. The monoisotopic (exact) mass is 233 g/mol. The van der Waals surface area contributed by atoms with E-state index in [1.807, 2.05) is 24.3 Å². The van der Waals surface area contributed by atoms with Crippen molar-refractivity contribution in [2.75, 3.05) is 18.5 Å². The number of nitrogens with zero attached hydrogens (tertiary/aromatic N) is 1. The number of H-pyrrole nitrogens is 1. The van der Waals surface area contributed by atoms with Crippen molar-refractivity contribution in [2.45, 2.75) is 13.3 Å². The number of aromatic nitrogens is 2. The van der Waals surface area contributed by atoms with Crippen LogP contribution in [0.1, 0.15) is 13.3 Å². The van der Waals surface area contributed by atoms with Gasteiger partial charge in [-0.15, -0.1) is 0 Å². The molecule has 1 aromatic carbocycles. The molecule has 0 unspecified atom stereocenters. The third kappa shape index (κ3) is 2.96. The van der Waals surface area contributed by atoms with Crippen molar-refractivity contribution in [1.82, 2.24) is 9.97 Å². The fourth-order valence-corrected chi connectivity index (χ4v) is 1.55. The minimum atomic E-state index is -0.198. The van der Waals surface area contributed by atoms with Crippen molar-refractivity contribution < 1.29 is 9.53 Å². The maximum Gasteiger partial charge on any atom is 0.307 e. The molecule has 0 radical (unpaired) electrons. The molecule has 90 valence electrons. The molecular formula is C12H15N3O2. The van der Waals surface area contributed by atoms with Gasteiger partial charge in [0.15, 0.2) is 0 Å². The molecule has 2 rings (SSSR count). The third-order valence-corrected chi connectivity index (χ3v) is 2.32. The van der Waals surface area contributed by atoms with Crippen molar-refractivity contribution >= 4 is 23.0 Å². The third-order valence-electron chi connectivity index (χ3n) is 2.32. The Labute approximate surface area is 99.2 Å². The highest BCUT2D eigenvalue weighted by atomic mass is 16.5. The van der Waals surface area contributed by atoms with Crippen LogP contribution in [0.4, 0.5) is 5.95 Å². The Morgan fingerprint density at radius 1 is 1.47 bits per heavy atom. The summed E-state index contributed by atoms with van der Waals surface area (Å²) in [7, 11) is 0. The number of benzene rings is 1. The van der Waals surface area contributed by atoms with Crippen LogP contribution in [-0.2, 0) is 9.53 Å². The average molecular weight is 233 g/mol. The van der Waals surface area contributed by atoms with E-state index in [1.165, 1.54) is 0 Å². The maximum absolute atomic E-state index is 11.1. The molecule has 5 nitrogen and oxygen atoms in total. The van der Waals surface area contributed by atoms with E-state index in [0.29, 0.717) is 25.5 Å². The molecule has 0 aliphatic heterocycles. The van der Waals surface area contributed by atoms with E-state index in [4.69, 9.17) is 4.74 Å². The first kappa shape index (κ1) is 11.4. The standard InChI is InChI=1S/C12H15N3O2/c1-2-17-11(16)7-8-13-12-14-9-5-3-4-6-10(9)15-12/h3-6H,2,7-8H2,1H3,(H2,13,14,15). The molecule has 2 aromatic rings. The number of anilines is 1. The number of aromatic amines is 1. The molecule has 0 saturated heterocycles. The summed E-state index contributed by atoms with van der Waals surface area (Å²) >= 11 is 0. The lowest BCUT2D eigenvalue weighted by Crippen LogP contribution is -2.11. The molecule has 1 aromatic heterocycles. The lowest BCUT2D eigenvalue weighted by Gasteiger charge is -2.02. The van der Waals surface area contributed by atoms with E-state index in [2.05, 4.69) is 15.3 Å². The van der Waals surface area contributed by atoms with Crippen LogP contribution in [0.3, 0.4) is 0 Å². The summed E-state index contributed by atoms with van der Waals surface area (Å²) in [4.78, 5) is 18.6. The fraction of sp³-hybridized carbons (Fsp3) is 0.333. The Bertz CT molecular complexity index is 474. The molecule has 0 saturated carbocycles. The first-order chi connectivity index (χ1) is 8.29. The lowest BCUT2D eigenvalue weighted by molar-refractivity contribution is -0.142. The maximum atomic E-state index is 11.1. The zero-order valence-electron chi connectivity index (χ0n) is 9.69. The summed E-state index contributed by atoms with van der Waals surface area (Å²) in [6, 6.07) is 7.77. The second-order valence-electron chi connectivity index (χ2n) is 3.58. The number of esters is 1. The number of carbonyl (C=O) groups excluding carboxylic acids is 1. The van der Waals surface area contributed by atoms with Crippen molar-refractivity contribution in [3.8, 4) is 0 Å². The van der Waals surface area contributed by atoms with Gasteiger partial charge >= 0.3 is 5.97 Å². The highest BCUT2D eigenvalue weighted by Gasteiger charge is 2.03. The van der Waals surface area contributed by atoms with Gasteiger partial charge in [-0.1, -0.05) is 12.1 Å². The zero-order valence-corrected chi connectivity index (χ0v) is 9.69. The summed E-state index contributed by atoms with van der Waals surface area (Å²) in [6.45, 7) is 2.73. The number of fused-ring (bicyclic) bond motifs is 1. The number of nitrogens with one attached hydrogen (secondary N) is 2. The minimum Gasteiger partial charge on any atom is -0.466 e. The molecule has 2 N–H and O–H groups in total. The number of ether oxygens (including phenoxy) is 1. The Morgan fingerprint density at radius 3 is 3.06 bits per heavy atom. The van der Waals surface area contributed by atoms with Gasteiger partial charge < -0.3 is 15.0 Å². The van der Waals surface area contributed by atoms with Gasteiger partial charge in [-0.2, -0.15) is 0 Å². The second-order valence-corrected chi connectivity index (χ2v) is 3.58. The van der Waals surface area contributed by atoms with Crippen molar-refractivity contribution in [2.24, 2.45) is 0 Å². The first-order valence-corrected chi connectivity index (χ1v) is 5.64. The predicted octanol–water partition coefficient (Wildman–Crippen LogP) is 1.93. The van der Waals surface area contributed by atoms with E-state index < -0.39 is 0 Å². The van der Waals surface area contributed by atoms with Crippen LogP contribution in [0, 0.1) is 0 Å². The topological polar surface area (TPSA) is 67.0 Å². The van der Waals surface area contributed by atoms with E-state index >= 15 is 0 Å². The average Bonchev–Trinajstić information content (AvgIpc) is 2.71. The Kier molecular flexibility index (Phi) is 3.59. The van der Waals surface area contributed by atoms with Gasteiger partial charge in [0.2, 0.25) is 5.95 Å². The van der Waals surface area contributed by atoms with Crippen LogP contribution in [0.5, 0.6) is 0 Å². The van der Waals surface area contributed by atoms with Crippen molar-refractivity contribution in [3.05, 3.63) is 24.3 Å². The molecule has 1 heterocycles. The summed E-state index contributed by atoms with van der Waals surface area (Å²) < 4.78 is 4.83. The summed E-state index contributed by atoms with van der Waals surface area (Å²) in [5, 5.41) is 3.06. The van der Waals surface area contributed by atoms with Crippen molar-refractivity contribution in [1.29, 1.82) is 0 Å². The quantitative estimate of drug-likeness (QED) is 0.774. The summed E-state index contributed by atoms with van der Waals surface area (Å²) in [5.74, 6) is 0.478. The van der Waals surface area contributed by atoms with Crippen LogP contribution < -0.4 is 5.32 Å². The first-order valence-electron chi connectivity index (χ1n) is 5.64. The largest absolute Gasteiger partial charge is 0.466 e. The molecule has 0 aliphatic rings. The SMILES string of the molecule is CCOC(=O)CCNc1nc2ccccc2[nH]1.